The molecule has 2 heterocycles. The molecule has 2 N–H and O–H groups in total. The highest BCUT2D eigenvalue weighted by Gasteiger charge is 2.37. The molecule has 1 aromatic heterocycles. The number of thioether (sulfide) groups is 1. The fraction of sp³-hybridized carbons (Fsp3) is 0.448. The highest BCUT2D eigenvalue weighted by atomic mass is 32.2. The summed E-state index contributed by atoms with van der Waals surface area (Å²) in [6.45, 7) is 3.93. The molecule has 210 valence electrons. The topological polar surface area (TPSA) is 82.9 Å². The van der Waals surface area contributed by atoms with Crippen molar-refractivity contribution in [3.05, 3.63) is 65.1 Å². The number of piperidine rings is 1. The zero-order chi connectivity index (χ0) is 28.2. The van der Waals surface area contributed by atoms with Gasteiger partial charge in [-0.25, -0.2) is 13.2 Å². The maximum absolute atomic E-state index is 13.5. The van der Waals surface area contributed by atoms with Gasteiger partial charge in [-0.05, 0) is 92.6 Å². The maximum atomic E-state index is 13.5. The lowest BCUT2D eigenvalue weighted by Gasteiger charge is -2.41. The number of fused-ring (bicyclic) bond motifs is 1. The van der Waals surface area contributed by atoms with Gasteiger partial charge in [-0.1, -0.05) is 0 Å². The average Bonchev–Trinajstić information content (AvgIpc) is 2.90. The summed E-state index contributed by atoms with van der Waals surface area (Å²) in [6, 6.07) is 7.53. The Hall–Kier alpha value is -2.82. The number of pyridine rings is 1. The lowest BCUT2D eigenvalue weighted by molar-refractivity contribution is -0.141. The lowest BCUT2D eigenvalue weighted by atomic mass is 9.71. The van der Waals surface area contributed by atoms with Gasteiger partial charge in [0.05, 0.1) is 25.2 Å². The van der Waals surface area contributed by atoms with Gasteiger partial charge in [-0.15, -0.1) is 11.8 Å². The van der Waals surface area contributed by atoms with E-state index < -0.39 is 34.9 Å². The van der Waals surface area contributed by atoms with Gasteiger partial charge >= 0.3 is 5.97 Å². The number of likely N-dealkylation sites (tertiary alicyclic amines) is 1. The number of halogens is 3. The number of methoxy groups -OCH3 is 1. The lowest BCUT2D eigenvalue weighted by Crippen LogP contribution is -2.42. The van der Waals surface area contributed by atoms with Crippen molar-refractivity contribution in [2.24, 2.45) is 5.41 Å². The molecule has 0 radical (unpaired) electrons. The van der Waals surface area contributed by atoms with E-state index in [1.165, 1.54) is 11.8 Å². The number of aryl methyl sites for hydroxylation is 1. The first kappa shape index (κ1) is 29.2. The minimum Gasteiger partial charge on any atom is -0.497 e. The minimum atomic E-state index is -1.47. The van der Waals surface area contributed by atoms with E-state index in [1.54, 1.807) is 13.3 Å². The molecular formula is C29H33F3N2O4S. The SMILES string of the molecule is COc1ccc2ncc(C)c([C@@H](O)CCC3(CC(=O)O)CCN(CCSc4cc(F)c(F)c(F)c4)CC3)c2c1. The Kier molecular flexibility index (Phi) is 9.40. The van der Waals surface area contributed by atoms with E-state index in [9.17, 15) is 28.2 Å². The molecule has 1 atom stereocenters. The summed E-state index contributed by atoms with van der Waals surface area (Å²) in [6.07, 6.45) is 3.30. The molecule has 0 unspecified atom stereocenters. The molecule has 1 aliphatic rings. The first-order chi connectivity index (χ1) is 18.6. The Morgan fingerprint density at radius 3 is 2.51 bits per heavy atom. The second kappa shape index (κ2) is 12.6. The number of rotatable bonds is 11. The molecule has 0 spiro atoms. The van der Waals surface area contributed by atoms with Crippen LogP contribution >= 0.6 is 11.8 Å². The molecule has 1 fully saturated rings. The summed E-state index contributed by atoms with van der Waals surface area (Å²) >= 11 is 1.25. The molecule has 0 aliphatic carbocycles. The number of aliphatic carboxylic acids is 1. The van der Waals surface area contributed by atoms with Crippen molar-refractivity contribution >= 4 is 28.6 Å². The first-order valence-corrected chi connectivity index (χ1v) is 13.9. The Morgan fingerprint density at radius 2 is 1.87 bits per heavy atom. The molecule has 3 aromatic rings. The summed E-state index contributed by atoms with van der Waals surface area (Å²) in [5.74, 6) is -3.50. The minimum absolute atomic E-state index is 0.0281. The highest BCUT2D eigenvalue weighted by Crippen LogP contribution is 2.42. The van der Waals surface area contributed by atoms with Crippen molar-refractivity contribution in [3.63, 3.8) is 0 Å². The van der Waals surface area contributed by atoms with Crippen LogP contribution in [0.15, 0.2) is 41.4 Å². The van der Waals surface area contributed by atoms with Crippen molar-refractivity contribution in [1.82, 2.24) is 9.88 Å². The third kappa shape index (κ3) is 7.04. The van der Waals surface area contributed by atoms with Gasteiger partial charge in [-0.3, -0.25) is 9.78 Å². The Bertz CT molecular complexity index is 1310. The first-order valence-electron chi connectivity index (χ1n) is 12.9. The number of carbonyl (C=O) groups is 1. The molecule has 0 saturated carbocycles. The molecule has 0 amide bonds. The quantitative estimate of drug-likeness (QED) is 0.215. The second-order valence-corrected chi connectivity index (χ2v) is 11.4. The van der Waals surface area contributed by atoms with Crippen molar-refractivity contribution < 1.29 is 32.9 Å². The third-order valence-corrected chi connectivity index (χ3v) is 8.63. The zero-order valence-corrected chi connectivity index (χ0v) is 22.9. The van der Waals surface area contributed by atoms with Gasteiger partial charge in [0.15, 0.2) is 17.5 Å². The van der Waals surface area contributed by atoms with E-state index in [0.717, 1.165) is 34.2 Å². The van der Waals surface area contributed by atoms with Crippen LogP contribution < -0.4 is 4.74 Å². The van der Waals surface area contributed by atoms with Gasteiger partial charge in [-0.2, -0.15) is 0 Å². The van der Waals surface area contributed by atoms with Gasteiger partial charge in [0.2, 0.25) is 0 Å². The summed E-state index contributed by atoms with van der Waals surface area (Å²) in [7, 11) is 1.59. The summed E-state index contributed by atoms with van der Waals surface area (Å²) in [5.41, 5.74) is 1.97. The van der Waals surface area contributed by atoms with Crippen LogP contribution in [0.2, 0.25) is 0 Å². The molecule has 6 nitrogen and oxygen atoms in total. The number of ether oxygens (including phenoxy) is 1. The number of hydrogen-bond donors (Lipinski definition) is 2. The number of nitrogens with zero attached hydrogens (tertiary/aromatic N) is 2. The standard InChI is InChI=1S/C29H33F3N2O4S/c1-18-17-33-24-4-3-19(38-2)13-21(24)27(18)25(35)5-6-29(16-26(36)37)7-9-34(10-8-29)11-12-39-20-14-22(30)28(32)23(31)15-20/h3-4,13-15,17,25,35H,5-12,16H2,1-2H3,(H,36,37)/t25-/m0/s1. The van der Waals surface area contributed by atoms with E-state index in [0.29, 0.717) is 61.7 Å². The molecule has 10 heteroatoms. The maximum Gasteiger partial charge on any atom is 0.303 e. The molecule has 2 aromatic carbocycles. The number of carboxylic acids is 1. The molecule has 39 heavy (non-hydrogen) atoms. The highest BCUT2D eigenvalue weighted by molar-refractivity contribution is 7.99. The second-order valence-electron chi connectivity index (χ2n) is 10.3. The molecular weight excluding hydrogens is 529 g/mol. The van der Waals surface area contributed by atoms with Gasteiger partial charge in [0.1, 0.15) is 5.75 Å². The van der Waals surface area contributed by atoms with Crippen LogP contribution in [-0.2, 0) is 4.79 Å². The van der Waals surface area contributed by atoms with E-state index in [4.69, 9.17) is 4.74 Å². The van der Waals surface area contributed by atoms with Crippen LogP contribution in [0.25, 0.3) is 10.9 Å². The van der Waals surface area contributed by atoms with E-state index in [2.05, 4.69) is 9.88 Å². The Balaban J connectivity index is 1.38. The number of aliphatic hydroxyl groups is 1. The normalized spacial score (nSPS) is 16.4. The summed E-state index contributed by atoms with van der Waals surface area (Å²) in [5, 5.41) is 21.8. The predicted molar refractivity (Wildman–Crippen MR) is 145 cm³/mol. The Labute approximate surface area is 230 Å². The number of aliphatic hydroxyl groups excluding tert-OH is 1. The van der Waals surface area contributed by atoms with Crippen molar-refractivity contribution in [1.29, 1.82) is 0 Å². The van der Waals surface area contributed by atoms with Crippen LogP contribution in [0.3, 0.4) is 0 Å². The third-order valence-electron chi connectivity index (χ3n) is 7.67. The fourth-order valence-electron chi connectivity index (χ4n) is 5.44. The number of aromatic nitrogens is 1. The van der Waals surface area contributed by atoms with Crippen LogP contribution in [0, 0.1) is 29.8 Å². The number of hydrogen-bond acceptors (Lipinski definition) is 6. The predicted octanol–water partition coefficient (Wildman–Crippen LogP) is 6.13. The van der Waals surface area contributed by atoms with Gasteiger partial charge in [0, 0.05) is 28.8 Å². The number of carboxylic acid groups (broad SMARTS) is 1. The zero-order valence-electron chi connectivity index (χ0n) is 22.1. The molecule has 1 aliphatic heterocycles. The van der Waals surface area contributed by atoms with Crippen molar-refractivity contribution in [2.45, 2.75) is 50.0 Å². The molecule has 4 rings (SSSR count). The van der Waals surface area contributed by atoms with Crippen LogP contribution in [-0.4, -0.2) is 58.6 Å². The van der Waals surface area contributed by atoms with E-state index in [-0.39, 0.29) is 6.42 Å². The van der Waals surface area contributed by atoms with Crippen molar-refractivity contribution in [2.75, 3.05) is 32.5 Å². The van der Waals surface area contributed by atoms with Crippen LogP contribution in [0.4, 0.5) is 13.2 Å². The summed E-state index contributed by atoms with van der Waals surface area (Å²) < 4.78 is 45.5. The largest absolute Gasteiger partial charge is 0.497 e. The van der Waals surface area contributed by atoms with Gasteiger partial charge in [0.25, 0.3) is 0 Å². The summed E-state index contributed by atoms with van der Waals surface area (Å²) in [4.78, 5) is 18.8. The Morgan fingerprint density at radius 1 is 1.18 bits per heavy atom. The van der Waals surface area contributed by atoms with Crippen LogP contribution in [0.1, 0.15) is 49.3 Å². The average molecular weight is 563 g/mol. The smallest absolute Gasteiger partial charge is 0.303 e. The van der Waals surface area contributed by atoms with E-state index in [1.807, 2.05) is 25.1 Å². The van der Waals surface area contributed by atoms with E-state index >= 15 is 0 Å². The fourth-order valence-corrected chi connectivity index (χ4v) is 6.40. The molecule has 1 saturated heterocycles. The monoisotopic (exact) mass is 562 g/mol. The van der Waals surface area contributed by atoms with Crippen LogP contribution in [0.5, 0.6) is 5.75 Å². The number of benzene rings is 2. The van der Waals surface area contributed by atoms with Gasteiger partial charge < -0.3 is 19.8 Å². The molecule has 0 bridgehead atoms. The van der Waals surface area contributed by atoms with Crippen molar-refractivity contribution in [3.8, 4) is 5.75 Å².